The first-order valence-corrected chi connectivity index (χ1v) is 13.8. The van der Waals surface area contributed by atoms with Crippen LogP contribution in [0, 0.1) is 5.92 Å². The third-order valence-corrected chi connectivity index (χ3v) is 6.22. The molecule has 0 aliphatic carbocycles. The summed E-state index contributed by atoms with van der Waals surface area (Å²) in [4.78, 5) is 58.2. The van der Waals surface area contributed by atoms with E-state index in [1.54, 1.807) is 31.0 Å². The highest BCUT2D eigenvalue weighted by atomic mass is 16.8. The van der Waals surface area contributed by atoms with E-state index in [1.807, 2.05) is 0 Å². The maximum atomic E-state index is 12.1. The molecule has 234 valence electrons. The Labute approximate surface area is 244 Å². The van der Waals surface area contributed by atoms with Crippen molar-refractivity contribution in [1.29, 1.82) is 0 Å². The van der Waals surface area contributed by atoms with Crippen LogP contribution in [0.2, 0.25) is 0 Å². The number of benzene rings is 1. The van der Waals surface area contributed by atoms with E-state index in [1.165, 1.54) is 6.07 Å². The van der Waals surface area contributed by atoms with E-state index < -0.39 is 24.8 Å². The van der Waals surface area contributed by atoms with E-state index in [0.29, 0.717) is 50.1 Å². The highest BCUT2D eigenvalue weighted by molar-refractivity contribution is 5.78. The molecule has 3 N–H and O–H groups in total. The van der Waals surface area contributed by atoms with Crippen LogP contribution in [0.25, 0.3) is 0 Å². The number of aliphatic hydroxyl groups excluding tert-OH is 1. The molecule has 0 aromatic heterocycles. The minimum Gasteiger partial charge on any atom is -0.493 e. The van der Waals surface area contributed by atoms with Crippen molar-refractivity contribution in [1.82, 2.24) is 10.2 Å². The molecule has 1 saturated heterocycles. The highest BCUT2D eigenvalue weighted by Gasteiger charge is 2.34. The van der Waals surface area contributed by atoms with Crippen molar-refractivity contribution in [3.63, 3.8) is 0 Å². The zero-order valence-corrected chi connectivity index (χ0v) is 23.9. The van der Waals surface area contributed by atoms with Crippen LogP contribution >= 0.6 is 0 Å². The SMILES string of the molecule is CC(C=O)CC(=O)N(C)CCCCCC(=O)NCCCOc1cc(OC2CC(O)OC(C(=O)O)O2)ccc1COC=O. The van der Waals surface area contributed by atoms with Crippen molar-refractivity contribution in [2.24, 2.45) is 5.92 Å². The van der Waals surface area contributed by atoms with E-state index in [-0.39, 0.29) is 49.5 Å². The molecule has 1 aromatic rings. The first-order valence-electron chi connectivity index (χ1n) is 13.8. The molecule has 0 bridgehead atoms. The molecule has 0 radical (unpaired) electrons. The van der Waals surface area contributed by atoms with E-state index in [2.05, 4.69) is 5.32 Å². The van der Waals surface area contributed by atoms with Gasteiger partial charge in [0.2, 0.25) is 18.1 Å². The number of carbonyl (C=O) groups is 5. The fourth-order valence-corrected chi connectivity index (χ4v) is 3.90. The largest absolute Gasteiger partial charge is 0.493 e. The van der Waals surface area contributed by atoms with Crippen LogP contribution in [0.4, 0.5) is 0 Å². The van der Waals surface area contributed by atoms with Gasteiger partial charge in [-0.3, -0.25) is 14.4 Å². The maximum absolute atomic E-state index is 12.1. The molecule has 1 aliphatic heterocycles. The molecule has 14 heteroatoms. The number of amides is 2. The number of carboxylic acid groups (broad SMARTS) is 1. The first-order chi connectivity index (χ1) is 20.1. The number of aliphatic carboxylic acids is 1. The number of nitrogens with one attached hydrogen (secondary N) is 1. The smallest absolute Gasteiger partial charge is 0.361 e. The van der Waals surface area contributed by atoms with Gasteiger partial charge in [0.25, 0.3) is 12.8 Å². The Bertz CT molecular complexity index is 1040. The van der Waals surface area contributed by atoms with Crippen LogP contribution in [0.15, 0.2) is 18.2 Å². The third kappa shape index (κ3) is 12.8. The van der Waals surface area contributed by atoms with E-state index in [4.69, 9.17) is 28.8 Å². The highest BCUT2D eigenvalue weighted by Crippen LogP contribution is 2.28. The van der Waals surface area contributed by atoms with Crippen LogP contribution in [-0.4, -0.2) is 91.3 Å². The Hall–Kier alpha value is -3.75. The third-order valence-electron chi connectivity index (χ3n) is 6.22. The number of hydrogen-bond donors (Lipinski definition) is 3. The molecule has 4 unspecified atom stereocenters. The Morgan fingerprint density at radius 1 is 1.17 bits per heavy atom. The quantitative estimate of drug-likeness (QED) is 0.145. The van der Waals surface area contributed by atoms with Crippen molar-refractivity contribution in [3.8, 4) is 11.5 Å². The predicted molar refractivity (Wildman–Crippen MR) is 145 cm³/mol. The molecule has 14 nitrogen and oxygen atoms in total. The molecular weight excluding hydrogens is 556 g/mol. The Morgan fingerprint density at radius 2 is 1.95 bits per heavy atom. The molecule has 0 spiro atoms. The number of unbranched alkanes of at least 4 members (excludes halogenated alkanes) is 2. The number of carboxylic acids is 1. The molecule has 2 rings (SSSR count). The topological polar surface area (TPSA) is 187 Å². The van der Waals surface area contributed by atoms with Gasteiger partial charge in [0.05, 0.1) is 13.0 Å². The first kappa shape index (κ1) is 34.5. The van der Waals surface area contributed by atoms with Crippen molar-refractivity contribution in [2.45, 2.75) is 77.3 Å². The van der Waals surface area contributed by atoms with Crippen LogP contribution in [-0.2, 0) is 44.8 Å². The Balaban J connectivity index is 1.72. The van der Waals surface area contributed by atoms with Gasteiger partial charge in [0.15, 0.2) is 6.29 Å². The fourth-order valence-electron chi connectivity index (χ4n) is 3.90. The van der Waals surface area contributed by atoms with Crippen LogP contribution in [0.3, 0.4) is 0 Å². The van der Waals surface area contributed by atoms with Gasteiger partial charge in [0, 0.05) is 50.5 Å². The minimum atomic E-state index is -1.67. The van der Waals surface area contributed by atoms with Crippen LogP contribution in [0.5, 0.6) is 11.5 Å². The number of hydrogen-bond acceptors (Lipinski definition) is 11. The summed E-state index contributed by atoms with van der Waals surface area (Å²) < 4.78 is 26.3. The van der Waals surface area contributed by atoms with Crippen LogP contribution in [0.1, 0.15) is 57.4 Å². The number of rotatable bonds is 20. The summed E-state index contributed by atoms with van der Waals surface area (Å²) >= 11 is 0. The molecular formula is C28H40N2O12. The van der Waals surface area contributed by atoms with E-state index >= 15 is 0 Å². The molecule has 2 amide bonds. The Kier molecular flexibility index (Phi) is 15.3. The van der Waals surface area contributed by atoms with Gasteiger partial charge in [-0.25, -0.2) is 4.79 Å². The lowest BCUT2D eigenvalue weighted by Crippen LogP contribution is -2.44. The van der Waals surface area contributed by atoms with Crippen molar-refractivity contribution < 1.29 is 57.9 Å². The maximum Gasteiger partial charge on any atom is 0.361 e. The van der Waals surface area contributed by atoms with Gasteiger partial charge in [0.1, 0.15) is 24.4 Å². The van der Waals surface area contributed by atoms with Gasteiger partial charge in [-0.15, -0.1) is 0 Å². The summed E-state index contributed by atoms with van der Waals surface area (Å²) in [7, 11) is 1.71. The molecule has 4 atom stereocenters. The zero-order chi connectivity index (χ0) is 30.9. The lowest BCUT2D eigenvalue weighted by atomic mass is 10.1. The summed E-state index contributed by atoms with van der Waals surface area (Å²) in [5.74, 6) is -1.24. The summed E-state index contributed by atoms with van der Waals surface area (Å²) in [5.41, 5.74) is 0.556. The van der Waals surface area contributed by atoms with Crippen molar-refractivity contribution >= 4 is 30.5 Å². The predicted octanol–water partition coefficient (Wildman–Crippen LogP) is 1.36. The van der Waals surface area contributed by atoms with Gasteiger partial charge in [-0.05, 0) is 31.4 Å². The lowest BCUT2D eigenvalue weighted by molar-refractivity contribution is -0.319. The van der Waals surface area contributed by atoms with E-state index in [0.717, 1.165) is 19.1 Å². The molecule has 42 heavy (non-hydrogen) atoms. The lowest BCUT2D eigenvalue weighted by Gasteiger charge is -2.31. The van der Waals surface area contributed by atoms with Crippen molar-refractivity contribution in [3.05, 3.63) is 23.8 Å². The second-order valence-electron chi connectivity index (χ2n) is 9.85. The summed E-state index contributed by atoms with van der Waals surface area (Å²) in [6.45, 7) is 3.14. The number of aldehydes is 1. The average molecular weight is 597 g/mol. The second-order valence-corrected chi connectivity index (χ2v) is 9.85. The zero-order valence-electron chi connectivity index (χ0n) is 23.9. The molecule has 1 heterocycles. The van der Waals surface area contributed by atoms with Crippen molar-refractivity contribution in [2.75, 3.05) is 26.7 Å². The fraction of sp³-hybridized carbons (Fsp3) is 0.607. The summed E-state index contributed by atoms with van der Waals surface area (Å²) in [6.07, 6.45) is -0.203. The molecule has 0 saturated carbocycles. The minimum absolute atomic E-state index is 0.0504. The number of ether oxygens (including phenoxy) is 5. The Morgan fingerprint density at radius 3 is 2.67 bits per heavy atom. The normalized spacial score (nSPS) is 18.8. The molecule has 1 aromatic carbocycles. The average Bonchev–Trinajstić information content (AvgIpc) is 2.95. The summed E-state index contributed by atoms with van der Waals surface area (Å²) in [6, 6.07) is 4.69. The van der Waals surface area contributed by atoms with Gasteiger partial charge in [-0.1, -0.05) is 13.3 Å². The standard InChI is InChI=1S/C28H40N2O12/c1-19(16-31)13-24(34)30(2)11-5-3-4-7-23(33)29-10-6-12-39-22-14-21(9-8-20(22)17-38-18-32)40-26-15-25(35)41-28(42-26)27(36)37/h8-9,14,16,18-19,25-26,28,35H,3-7,10-13,15,17H2,1-2H3,(H,29,33)(H,36,37). The van der Waals surface area contributed by atoms with E-state index in [9.17, 15) is 29.1 Å². The van der Waals surface area contributed by atoms with Gasteiger partial charge in [-0.2, -0.15) is 0 Å². The summed E-state index contributed by atoms with van der Waals surface area (Å²) in [5, 5.41) is 21.7. The van der Waals surface area contributed by atoms with Crippen LogP contribution < -0.4 is 14.8 Å². The molecule has 1 fully saturated rings. The number of nitrogens with zero attached hydrogens (tertiary/aromatic N) is 1. The van der Waals surface area contributed by atoms with Gasteiger partial charge >= 0.3 is 5.97 Å². The molecule has 1 aliphatic rings. The second kappa shape index (κ2) is 18.6. The number of aliphatic hydroxyl groups is 1. The van der Waals surface area contributed by atoms with Gasteiger partial charge < -0.3 is 48.9 Å². The monoisotopic (exact) mass is 596 g/mol. The number of carbonyl (C=O) groups excluding carboxylic acids is 4.